The normalized spacial score (nSPS) is 31.0. The molecule has 0 saturated carbocycles. The number of hydrogen-bond donors (Lipinski definition) is 9. The molecule has 13 heteroatoms. The van der Waals surface area contributed by atoms with E-state index < -0.39 is 84.1 Å². The second-order valence-electron chi connectivity index (χ2n) is 7.89. The van der Waals surface area contributed by atoms with Gasteiger partial charge in [0.25, 0.3) is 0 Å². The van der Waals surface area contributed by atoms with Gasteiger partial charge in [-0.3, -0.25) is 4.79 Å². The Bertz CT molecular complexity index is 1100. The predicted molar refractivity (Wildman–Crippen MR) is 108 cm³/mol. The molecule has 34 heavy (non-hydrogen) atoms. The summed E-state index contributed by atoms with van der Waals surface area (Å²) >= 11 is 0. The molecule has 2 aliphatic rings. The maximum absolute atomic E-state index is 12.6. The molecule has 2 aliphatic heterocycles. The SMILES string of the molecule is O=C1c2c(O)cc(O)cc2O[C@@H](c2cc(O)c(O)c(O[C@@H]3O[C@H](CO)[C@@H](O)[C@H](O)[C@H]3O)c2)[C@H]1O. The molecule has 0 unspecified atom stereocenters. The van der Waals surface area contributed by atoms with Crippen LogP contribution in [0.25, 0.3) is 0 Å². The van der Waals surface area contributed by atoms with Crippen molar-refractivity contribution in [1.82, 2.24) is 0 Å². The Balaban J connectivity index is 1.68. The topological polar surface area (TPSA) is 227 Å². The van der Waals surface area contributed by atoms with Gasteiger partial charge in [0.05, 0.1) is 6.61 Å². The molecule has 0 aromatic heterocycles. The van der Waals surface area contributed by atoms with E-state index >= 15 is 0 Å². The third kappa shape index (κ3) is 3.94. The number of aliphatic hydroxyl groups excluding tert-OH is 5. The van der Waals surface area contributed by atoms with Crippen molar-refractivity contribution in [3.05, 3.63) is 35.4 Å². The third-order valence-electron chi connectivity index (χ3n) is 5.62. The molecule has 2 aromatic rings. The molecule has 1 fully saturated rings. The average molecular weight is 482 g/mol. The molecule has 2 heterocycles. The minimum absolute atomic E-state index is 0.0933. The van der Waals surface area contributed by atoms with Crippen LogP contribution >= 0.6 is 0 Å². The molecule has 13 nitrogen and oxygen atoms in total. The molecule has 184 valence electrons. The summed E-state index contributed by atoms with van der Waals surface area (Å²) in [5.74, 6) is -4.34. The molecule has 0 aliphatic carbocycles. The van der Waals surface area contributed by atoms with Gasteiger partial charge in [-0.1, -0.05) is 0 Å². The van der Waals surface area contributed by atoms with Gasteiger partial charge in [0, 0.05) is 17.7 Å². The zero-order valence-electron chi connectivity index (χ0n) is 17.2. The van der Waals surface area contributed by atoms with Crippen molar-refractivity contribution in [1.29, 1.82) is 0 Å². The number of fused-ring (bicyclic) bond motifs is 1. The van der Waals surface area contributed by atoms with Gasteiger partial charge in [0.15, 0.2) is 23.7 Å². The Labute approximate surface area is 190 Å². The van der Waals surface area contributed by atoms with Gasteiger partial charge in [-0.15, -0.1) is 0 Å². The van der Waals surface area contributed by atoms with Crippen molar-refractivity contribution >= 4 is 5.78 Å². The zero-order chi connectivity index (χ0) is 24.9. The van der Waals surface area contributed by atoms with Gasteiger partial charge >= 0.3 is 0 Å². The Morgan fingerprint density at radius 1 is 0.882 bits per heavy atom. The van der Waals surface area contributed by atoms with E-state index in [0.717, 1.165) is 24.3 Å². The van der Waals surface area contributed by atoms with E-state index in [1.54, 1.807) is 0 Å². The van der Waals surface area contributed by atoms with Crippen molar-refractivity contribution in [2.45, 2.75) is 42.9 Å². The number of aliphatic hydroxyl groups is 5. The number of phenolic OH excluding ortho intramolecular Hbond substituents is 4. The van der Waals surface area contributed by atoms with Gasteiger partial charge in [-0.05, 0) is 12.1 Å². The summed E-state index contributed by atoms with van der Waals surface area (Å²) in [5.41, 5.74) is -0.452. The smallest absolute Gasteiger partial charge is 0.229 e. The molecule has 2 aromatic carbocycles. The molecule has 4 rings (SSSR count). The Morgan fingerprint density at radius 2 is 1.59 bits per heavy atom. The number of ketones is 1. The second kappa shape index (κ2) is 8.79. The molecular formula is C21H22O13. The van der Waals surface area contributed by atoms with Crippen LogP contribution in [0.5, 0.6) is 34.5 Å². The molecule has 0 amide bonds. The van der Waals surface area contributed by atoms with Crippen LogP contribution in [0.15, 0.2) is 24.3 Å². The Morgan fingerprint density at radius 3 is 2.26 bits per heavy atom. The highest BCUT2D eigenvalue weighted by Crippen LogP contribution is 2.45. The molecule has 0 spiro atoms. The van der Waals surface area contributed by atoms with Gasteiger partial charge < -0.3 is 60.2 Å². The number of rotatable bonds is 4. The third-order valence-corrected chi connectivity index (χ3v) is 5.62. The standard InChI is InChI=1S/C21H22O13/c22-5-12-15(27)17(29)19(31)21(34-12)33-11-2-6(1-9(25)14(11)26)20-18(30)16(28)13-8(24)3-7(23)4-10(13)32-20/h1-4,12,15,17-27,29-31H,5H2/t12-,15-,17+,18+,19-,20+,21-/m1/s1. The zero-order valence-corrected chi connectivity index (χ0v) is 17.2. The van der Waals surface area contributed by atoms with E-state index in [0.29, 0.717) is 0 Å². The van der Waals surface area contributed by atoms with Gasteiger partial charge in [0.1, 0.15) is 47.2 Å². The van der Waals surface area contributed by atoms with Crippen LogP contribution in [0.3, 0.4) is 0 Å². The van der Waals surface area contributed by atoms with Gasteiger partial charge in [-0.25, -0.2) is 0 Å². The highest BCUT2D eigenvalue weighted by atomic mass is 16.7. The lowest BCUT2D eigenvalue weighted by Gasteiger charge is -2.39. The predicted octanol–water partition coefficient (Wildman–Crippen LogP) is -1.64. The summed E-state index contributed by atoms with van der Waals surface area (Å²) in [6, 6.07) is 3.94. The van der Waals surface area contributed by atoms with Crippen molar-refractivity contribution in [3.8, 4) is 34.5 Å². The molecule has 0 radical (unpaired) electrons. The van der Waals surface area contributed by atoms with E-state index in [-0.39, 0.29) is 16.9 Å². The summed E-state index contributed by atoms with van der Waals surface area (Å²) in [6.07, 6.45) is -11.6. The van der Waals surface area contributed by atoms with Crippen LogP contribution in [-0.4, -0.2) is 95.2 Å². The lowest BCUT2D eigenvalue weighted by atomic mass is 9.92. The minimum atomic E-state index is -1.87. The summed E-state index contributed by atoms with van der Waals surface area (Å²) in [7, 11) is 0. The first-order valence-corrected chi connectivity index (χ1v) is 10.0. The van der Waals surface area contributed by atoms with Crippen LogP contribution < -0.4 is 9.47 Å². The van der Waals surface area contributed by atoms with E-state index in [9.17, 15) is 50.8 Å². The summed E-state index contributed by atoms with van der Waals surface area (Å²) in [4.78, 5) is 12.6. The van der Waals surface area contributed by atoms with Crippen LogP contribution in [0.2, 0.25) is 0 Å². The maximum Gasteiger partial charge on any atom is 0.229 e. The fraction of sp³-hybridized carbons (Fsp3) is 0.381. The van der Waals surface area contributed by atoms with Gasteiger partial charge in [-0.2, -0.15) is 0 Å². The minimum Gasteiger partial charge on any atom is -0.508 e. The maximum atomic E-state index is 12.6. The first-order chi connectivity index (χ1) is 16.0. The monoisotopic (exact) mass is 482 g/mol. The number of aromatic hydroxyl groups is 4. The van der Waals surface area contributed by atoms with Crippen LogP contribution in [0.1, 0.15) is 22.0 Å². The summed E-state index contributed by atoms with van der Waals surface area (Å²) < 4.78 is 16.1. The molecule has 7 atom stereocenters. The molecule has 9 N–H and O–H groups in total. The molecular weight excluding hydrogens is 460 g/mol. The highest BCUT2D eigenvalue weighted by molar-refractivity contribution is 6.05. The summed E-state index contributed by atoms with van der Waals surface area (Å²) in [5, 5.41) is 89.8. The first kappa shape index (κ1) is 23.8. The molecule has 0 bridgehead atoms. The van der Waals surface area contributed by atoms with Crippen LogP contribution in [0, 0.1) is 0 Å². The Hall–Kier alpha value is -3.33. The van der Waals surface area contributed by atoms with Crippen LogP contribution in [-0.2, 0) is 4.74 Å². The average Bonchev–Trinajstić information content (AvgIpc) is 2.78. The molecule has 1 saturated heterocycles. The number of Topliss-reactive ketones (excluding diaryl/α,β-unsaturated/α-hetero) is 1. The quantitative estimate of drug-likeness (QED) is 0.223. The number of phenols is 4. The second-order valence-corrected chi connectivity index (χ2v) is 7.89. The number of carbonyl (C=O) groups excluding carboxylic acids is 1. The van der Waals surface area contributed by atoms with E-state index in [2.05, 4.69) is 0 Å². The van der Waals surface area contributed by atoms with E-state index in [1.807, 2.05) is 0 Å². The number of hydrogen-bond acceptors (Lipinski definition) is 13. The van der Waals surface area contributed by atoms with Crippen molar-refractivity contribution in [3.63, 3.8) is 0 Å². The number of benzene rings is 2. The van der Waals surface area contributed by atoms with Crippen molar-refractivity contribution < 1.29 is 65.0 Å². The highest BCUT2D eigenvalue weighted by Gasteiger charge is 2.45. The number of ether oxygens (including phenoxy) is 3. The lowest BCUT2D eigenvalue weighted by Crippen LogP contribution is -2.60. The van der Waals surface area contributed by atoms with E-state index in [1.165, 1.54) is 0 Å². The summed E-state index contributed by atoms with van der Waals surface area (Å²) in [6.45, 7) is -0.731. The number of carbonyl (C=O) groups is 1. The van der Waals surface area contributed by atoms with E-state index in [4.69, 9.17) is 14.2 Å². The van der Waals surface area contributed by atoms with Crippen LogP contribution in [0.4, 0.5) is 0 Å². The largest absolute Gasteiger partial charge is 0.508 e. The lowest BCUT2D eigenvalue weighted by molar-refractivity contribution is -0.277. The van der Waals surface area contributed by atoms with Crippen molar-refractivity contribution in [2.24, 2.45) is 0 Å². The fourth-order valence-corrected chi connectivity index (χ4v) is 3.82. The Kier molecular flexibility index (Phi) is 6.16. The fourth-order valence-electron chi connectivity index (χ4n) is 3.82. The van der Waals surface area contributed by atoms with Crippen molar-refractivity contribution in [2.75, 3.05) is 6.61 Å². The first-order valence-electron chi connectivity index (χ1n) is 10.0. The van der Waals surface area contributed by atoms with Gasteiger partial charge in [0.2, 0.25) is 17.8 Å².